The van der Waals surface area contributed by atoms with Crippen LogP contribution in [0.1, 0.15) is 5.82 Å². The molecule has 2 nitrogen and oxygen atoms in total. The van der Waals surface area contributed by atoms with Gasteiger partial charge < -0.3 is 0 Å². The first-order valence-electron chi connectivity index (χ1n) is 2.90. The van der Waals surface area contributed by atoms with Crippen LogP contribution in [0.3, 0.4) is 0 Å². The van der Waals surface area contributed by atoms with Crippen LogP contribution in [0.15, 0.2) is 29.5 Å². The highest BCUT2D eigenvalue weighted by molar-refractivity contribution is 9.10. The molecule has 0 saturated carbocycles. The maximum Gasteiger partial charge on any atom is 0.132 e. The number of hydrogen-bond acceptors (Lipinski definition) is 2. The van der Waals surface area contributed by atoms with Crippen molar-refractivity contribution in [3.05, 3.63) is 35.3 Å². The maximum absolute atomic E-state index is 4.04. The summed E-state index contributed by atoms with van der Waals surface area (Å²) < 4.78 is 0.903. The van der Waals surface area contributed by atoms with E-state index in [1.165, 1.54) is 0 Å². The van der Waals surface area contributed by atoms with Crippen LogP contribution < -0.4 is 0 Å². The van der Waals surface area contributed by atoms with Crippen LogP contribution >= 0.6 is 15.9 Å². The van der Waals surface area contributed by atoms with E-state index in [0.717, 1.165) is 16.7 Å². The fraction of sp³-hybridized carbons (Fsp3) is 0.143. The van der Waals surface area contributed by atoms with Crippen molar-refractivity contribution in [1.29, 1.82) is 0 Å². The minimum Gasteiger partial charge on any atom is -0.240 e. The molecule has 1 aromatic heterocycles. The minimum absolute atomic E-state index is 0.729. The molecule has 1 aromatic rings. The lowest BCUT2D eigenvalue weighted by atomic mass is 10.4. The molecule has 0 radical (unpaired) electrons. The zero-order chi connectivity index (χ0) is 7.40. The normalized spacial score (nSPS) is 9.30. The second kappa shape index (κ2) is 3.46. The third kappa shape index (κ3) is 1.92. The Balaban J connectivity index is 2.78. The number of hydrogen-bond donors (Lipinski definition) is 0. The Hall–Kier alpha value is -0.700. The molecular weight excluding hydrogens is 192 g/mol. The van der Waals surface area contributed by atoms with Crippen molar-refractivity contribution < 1.29 is 0 Å². The summed E-state index contributed by atoms with van der Waals surface area (Å²) in [5.41, 5.74) is 0. The van der Waals surface area contributed by atoms with Gasteiger partial charge in [-0.05, 0) is 15.9 Å². The molecular formula is C7H7BrN2. The van der Waals surface area contributed by atoms with Gasteiger partial charge in [0.2, 0.25) is 0 Å². The van der Waals surface area contributed by atoms with Crippen LogP contribution in [0, 0.1) is 0 Å². The van der Waals surface area contributed by atoms with Gasteiger partial charge >= 0.3 is 0 Å². The summed E-state index contributed by atoms with van der Waals surface area (Å²) in [6, 6.07) is 0. The van der Waals surface area contributed by atoms with Gasteiger partial charge in [0, 0.05) is 18.8 Å². The van der Waals surface area contributed by atoms with Crippen molar-refractivity contribution in [2.45, 2.75) is 6.42 Å². The summed E-state index contributed by atoms with van der Waals surface area (Å²) in [6.45, 7) is 3.59. The molecule has 1 rings (SSSR count). The first kappa shape index (κ1) is 7.41. The molecule has 0 unspecified atom stereocenters. The molecule has 3 heteroatoms. The summed E-state index contributed by atoms with van der Waals surface area (Å²) in [4.78, 5) is 8.08. The van der Waals surface area contributed by atoms with Crippen LogP contribution in [-0.2, 0) is 6.42 Å². The van der Waals surface area contributed by atoms with E-state index in [2.05, 4.69) is 32.5 Å². The van der Waals surface area contributed by atoms with E-state index in [4.69, 9.17) is 0 Å². The average molecular weight is 199 g/mol. The van der Waals surface area contributed by atoms with Gasteiger partial charge in [-0.3, -0.25) is 0 Å². The van der Waals surface area contributed by atoms with Gasteiger partial charge in [-0.25, -0.2) is 9.97 Å². The number of halogens is 1. The standard InChI is InChI=1S/C7H7BrN2/c1-2-3-7-9-4-6(8)5-10-7/h2,4-5H,1,3H2. The molecule has 0 bridgehead atoms. The topological polar surface area (TPSA) is 25.8 Å². The maximum atomic E-state index is 4.04. The summed E-state index contributed by atoms with van der Waals surface area (Å²) >= 11 is 3.25. The SMILES string of the molecule is C=CCc1ncc(Br)cn1. The van der Waals surface area contributed by atoms with Gasteiger partial charge in [-0.2, -0.15) is 0 Å². The van der Waals surface area contributed by atoms with Gasteiger partial charge in [0.25, 0.3) is 0 Å². The molecule has 0 atom stereocenters. The Labute approximate surface area is 68.1 Å². The molecule has 0 N–H and O–H groups in total. The number of rotatable bonds is 2. The van der Waals surface area contributed by atoms with E-state index in [1.54, 1.807) is 18.5 Å². The van der Waals surface area contributed by atoms with Gasteiger partial charge in [-0.1, -0.05) is 6.08 Å². The number of nitrogens with zero attached hydrogens (tertiary/aromatic N) is 2. The molecule has 0 fully saturated rings. The first-order valence-corrected chi connectivity index (χ1v) is 3.69. The summed E-state index contributed by atoms with van der Waals surface area (Å²) in [7, 11) is 0. The molecule has 0 saturated heterocycles. The fourth-order valence-corrected chi connectivity index (χ4v) is 0.778. The quantitative estimate of drug-likeness (QED) is 0.680. The molecule has 0 aliphatic rings. The highest BCUT2D eigenvalue weighted by Crippen LogP contribution is 2.04. The fourth-order valence-electron chi connectivity index (χ4n) is 0.574. The lowest BCUT2D eigenvalue weighted by Crippen LogP contribution is -1.90. The van der Waals surface area contributed by atoms with Crippen molar-refractivity contribution in [3.63, 3.8) is 0 Å². The predicted octanol–water partition coefficient (Wildman–Crippen LogP) is 1.97. The Morgan fingerprint density at radius 3 is 2.60 bits per heavy atom. The Morgan fingerprint density at radius 1 is 1.50 bits per heavy atom. The van der Waals surface area contributed by atoms with Crippen LogP contribution in [0.25, 0.3) is 0 Å². The molecule has 0 amide bonds. The first-order chi connectivity index (χ1) is 4.83. The summed E-state index contributed by atoms with van der Waals surface area (Å²) in [5, 5.41) is 0. The average Bonchev–Trinajstić information content (AvgIpc) is 1.95. The van der Waals surface area contributed by atoms with E-state index >= 15 is 0 Å². The molecule has 10 heavy (non-hydrogen) atoms. The van der Waals surface area contributed by atoms with Crippen LogP contribution in [0.5, 0.6) is 0 Å². The molecule has 0 aromatic carbocycles. The smallest absolute Gasteiger partial charge is 0.132 e. The molecule has 0 spiro atoms. The monoisotopic (exact) mass is 198 g/mol. The van der Waals surface area contributed by atoms with Crippen molar-refractivity contribution in [1.82, 2.24) is 9.97 Å². The lowest BCUT2D eigenvalue weighted by Gasteiger charge is -1.92. The van der Waals surface area contributed by atoms with Crippen molar-refractivity contribution in [2.75, 3.05) is 0 Å². The zero-order valence-corrected chi connectivity index (χ0v) is 7.00. The van der Waals surface area contributed by atoms with Gasteiger partial charge in [-0.15, -0.1) is 6.58 Å². The summed E-state index contributed by atoms with van der Waals surface area (Å²) in [5.74, 6) is 0.804. The van der Waals surface area contributed by atoms with Crippen LogP contribution in [-0.4, -0.2) is 9.97 Å². The largest absolute Gasteiger partial charge is 0.240 e. The number of aromatic nitrogens is 2. The Morgan fingerprint density at radius 2 is 2.10 bits per heavy atom. The lowest BCUT2D eigenvalue weighted by molar-refractivity contribution is 0.983. The van der Waals surface area contributed by atoms with E-state index in [-0.39, 0.29) is 0 Å². The third-order valence-corrected chi connectivity index (χ3v) is 1.41. The zero-order valence-electron chi connectivity index (χ0n) is 5.42. The van der Waals surface area contributed by atoms with E-state index in [9.17, 15) is 0 Å². The number of allylic oxidation sites excluding steroid dienone is 1. The molecule has 52 valence electrons. The highest BCUT2D eigenvalue weighted by Gasteiger charge is 1.90. The second-order valence-corrected chi connectivity index (χ2v) is 2.73. The van der Waals surface area contributed by atoms with Crippen molar-refractivity contribution in [2.24, 2.45) is 0 Å². The molecule has 0 aliphatic carbocycles. The van der Waals surface area contributed by atoms with E-state index in [1.807, 2.05) is 0 Å². The van der Waals surface area contributed by atoms with E-state index in [0.29, 0.717) is 0 Å². The Kier molecular flexibility index (Phi) is 2.57. The summed E-state index contributed by atoms with van der Waals surface area (Å²) in [6.07, 6.45) is 5.97. The van der Waals surface area contributed by atoms with Crippen LogP contribution in [0.2, 0.25) is 0 Å². The van der Waals surface area contributed by atoms with Crippen molar-refractivity contribution in [3.8, 4) is 0 Å². The Bertz CT molecular complexity index is 218. The van der Waals surface area contributed by atoms with Crippen molar-refractivity contribution >= 4 is 15.9 Å². The second-order valence-electron chi connectivity index (χ2n) is 1.81. The predicted molar refractivity (Wildman–Crippen MR) is 43.6 cm³/mol. The molecule has 0 aliphatic heterocycles. The van der Waals surface area contributed by atoms with Crippen LogP contribution in [0.4, 0.5) is 0 Å². The van der Waals surface area contributed by atoms with Gasteiger partial charge in [0.1, 0.15) is 5.82 Å². The highest BCUT2D eigenvalue weighted by atomic mass is 79.9. The molecule has 1 heterocycles. The minimum atomic E-state index is 0.729. The van der Waals surface area contributed by atoms with E-state index < -0.39 is 0 Å². The third-order valence-electron chi connectivity index (χ3n) is 1.00. The van der Waals surface area contributed by atoms with Gasteiger partial charge in [0.05, 0.1) is 4.47 Å². The van der Waals surface area contributed by atoms with Gasteiger partial charge in [0.15, 0.2) is 0 Å².